The number of nitrogens with zero attached hydrogens (tertiary/aromatic N) is 1. The molecule has 0 radical (unpaired) electrons. The summed E-state index contributed by atoms with van der Waals surface area (Å²) in [6.07, 6.45) is 33.9. The van der Waals surface area contributed by atoms with E-state index in [0.717, 1.165) is 38.5 Å². The fourth-order valence-electron chi connectivity index (χ4n) is 6.12. The third kappa shape index (κ3) is 32.0. The van der Waals surface area contributed by atoms with Gasteiger partial charge in [-0.3, -0.25) is 9.59 Å². The van der Waals surface area contributed by atoms with Crippen molar-refractivity contribution in [1.82, 2.24) is 0 Å². The smallest absolute Gasteiger partial charge is 0.306 e. The van der Waals surface area contributed by atoms with Crippen LogP contribution >= 0.6 is 0 Å². The van der Waals surface area contributed by atoms with Gasteiger partial charge in [-0.2, -0.15) is 0 Å². The average molecular weight is 710 g/mol. The molecule has 0 saturated heterocycles. The molecule has 8 heteroatoms. The molecule has 294 valence electrons. The third-order valence-electron chi connectivity index (χ3n) is 9.40. The highest BCUT2D eigenvalue weighted by Crippen LogP contribution is 2.14. The van der Waals surface area contributed by atoms with E-state index in [1.54, 1.807) is 21.1 Å². The van der Waals surface area contributed by atoms with E-state index in [1.807, 2.05) is 0 Å². The van der Waals surface area contributed by atoms with Gasteiger partial charge in [0.15, 0.2) is 6.10 Å². The molecule has 0 aromatic heterocycles. The van der Waals surface area contributed by atoms with Crippen LogP contribution in [0.15, 0.2) is 12.2 Å². The SMILES string of the molecule is CCCCCCCCCC/C=C/CCCCCCCCCC(=O)OC(COCCC(C(=O)[O-])[N+](C)(C)C)COC(=O)CCCCCCCCC. The van der Waals surface area contributed by atoms with Crippen LogP contribution in [-0.2, 0) is 28.6 Å². The van der Waals surface area contributed by atoms with Gasteiger partial charge in [-0.25, -0.2) is 0 Å². The molecule has 0 N–H and O–H groups in total. The number of ether oxygens (including phenoxy) is 3. The molecule has 0 heterocycles. The summed E-state index contributed by atoms with van der Waals surface area (Å²) in [5.41, 5.74) is 0. The Morgan fingerprint density at radius 2 is 1.00 bits per heavy atom. The number of esters is 2. The molecular formula is C42H79NO7. The van der Waals surface area contributed by atoms with E-state index in [4.69, 9.17) is 14.2 Å². The van der Waals surface area contributed by atoms with Crippen LogP contribution in [-0.4, -0.2) is 75.5 Å². The monoisotopic (exact) mass is 710 g/mol. The van der Waals surface area contributed by atoms with Gasteiger partial charge in [-0.05, 0) is 38.5 Å². The van der Waals surface area contributed by atoms with E-state index in [9.17, 15) is 19.5 Å². The summed E-state index contributed by atoms with van der Waals surface area (Å²) in [5.74, 6) is -1.74. The van der Waals surface area contributed by atoms with Gasteiger partial charge in [0.25, 0.3) is 0 Å². The van der Waals surface area contributed by atoms with Gasteiger partial charge >= 0.3 is 11.9 Å². The quantitative estimate of drug-likeness (QED) is 0.0274. The average Bonchev–Trinajstić information content (AvgIpc) is 3.06. The lowest BCUT2D eigenvalue weighted by atomic mass is 10.1. The van der Waals surface area contributed by atoms with E-state index >= 15 is 0 Å². The van der Waals surface area contributed by atoms with Gasteiger partial charge in [0, 0.05) is 19.3 Å². The number of likely N-dealkylation sites (N-methyl/N-ethyl adjacent to an activating group) is 1. The maximum absolute atomic E-state index is 12.6. The minimum absolute atomic E-state index is 0.0434. The number of allylic oxidation sites excluding steroid dienone is 2. The van der Waals surface area contributed by atoms with Crippen LogP contribution in [0.25, 0.3) is 0 Å². The normalized spacial score (nSPS) is 13.1. The largest absolute Gasteiger partial charge is 0.544 e. The zero-order valence-electron chi connectivity index (χ0n) is 33.3. The van der Waals surface area contributed by atoms with Crippen LogP contribution in [0.2, 0.25) is 0 Å². The van der Waals surface area contributed by atoms with Crippen LogP contribution in [0.5, 0.6) is 0 Å². The molecule has 0 fully saturated rings. The summed E-state index contributed by atoms with van der Waals surface area (Å²) in [5, 5.41) is 11.6. The molecule has 0 amide bonds. The van der Waals surface area contributed by atoms with Crippen molar-refractivity contribution >= 4 is 17.9 Å². The number of carbonyl (C=O) groups is 3. The van der Waals surface area contributed by atoms with Crippen molar-refractivity contribution in [2.45, 2.75) is 199 Å². The van der Waals surface area contributed by atoms with Gasteiger partial charge in [0.2, 0.25) is 0 Å². The van der Waals surface area contributed by atoms with Gasteiger partial charge in [0.05, 0.1) is 40.3 Å². The van der Waals surface area contributed by atoms with Crippen molar-refractivity contribution in [2.75, 3.05) is 41.0 Å². The van der Waals surface area contributed by atoms with E-state index in [1.165, 1.54) is 116 Å². The summed E-state index contributed by atoms with van der Waals surface area (Å²) in [7, 11) is 5.40. The van der Waals surface area contributed by atoms with E-state index in [2.05, 4.69) is 26.0 Å². The second-order valence-corrected chi connectivity index (χ2v) is 15.2. The number of aliphatic carboxylic acids is 1. The van der Waals surface area contributed by atoms with Gasteiger partial charge in [0.1, 0.15) is 12.6 Å². The molecule has 2 unspecified atom stereocenters. The Bertz CT molecular complexity index is 838. The third-order valence-corrected chi connectivity index (χ3v) is 9.40. The molecule has 0 aromatic carbocycles. The molecule has 0 aliphatic carbocycles. The Balaban J connectivity index is 4.24. The highest BCUT2D eigenvalue weighted by molar-refractivity contribution is 5.70. The molecule has 0 aliphatic rings. The minimum Gasteiger partial charge on any atom is -0.544 e. The molecule has 0 rings (SSSR count). The molecular weight excluding hydrogens is 630 g/mol. The second kappa shape index (κ2) is 34.2. The van der Waals surface area contributed by atoms with Crippen LogP contribution in [0, 0.1) is 0 Å². The topological polar surface area (TPSA) is 102 Å². The van der Waals surface area contributed by atoms with Gasteiger partial charge < -0.3 is 28.6 Å². The molecule has 2 atom stereocenters. The first kappa shape index (κ1) is 48.1. The Morgan fingerprint density at radius 1 is 0.580 bits per heavy atom. The zero-order valence-corrected chi connectivity index (χ0v) is 33.3. The number of unbranched alkanes of at least 4 members (excludes halogenated alkanes) is 21. The van der Waals surface area contributed by atoms with Gasteiger partial charge in [-0.1, -0.05) is 142 Å². The molecule has 50 heavy (non-hydrogen) atoms. The standard InChI is InChI=1S/C42H79NO7/c1-6-8-10-12-14-15-16-17-18-19-20-21-22-23-24-25-27-29-31-33-41(45)50-38(36-48-35-34-39(42(46)47)43(3,4)5)37-49-40(44)32-30-28-26-13-11-9-7-2/h19-20,38-39H,6-18,21-37H2,1-5H3/b20-19+. The Morgan fingerprint density at radius 3 is 1.44 bits per heavy atom. The first-order valence-electron chi connectivity index (χ1n) is 20.7. The molecule has 0 aliphatic heterocycles. The number of carbonyl (C=O) groups excluding carboxylic acids is 3. The highest BCUT2D eigenvalue weighted by Gasteiger charge is 2.25. The highest BCUT2D eigenvalue weighted by atomic mass is 16.6. The van der Waals surface area contributed by atoms with Crippen molar-refractivity contribution in [3.8, 4) is 0 Å². The lowest BCUT2D eigenvalue weighted by Gasteiger charge is -2.34. The lowest BCUT2D eigenvalue weighted by Crippen LogP contribution is -2.55. The summed E-state index contributed by atoms with van der Waals surface area (Å²) >= 11 is 0. The predicted octanol–water partition coefficient (Wildman–Crippen LogP) is 9.41. The number of hydrogen-bond donors (Lipinski definition) is 0. The Kier molecular flexibility index (Phi) is 32.9. The summed E-state index contributed by atoms with van der Waals surface area (Å²) in [6, 6.07) is -0.720. The van der Waals surface area contributed by atoms with E-state index in [-0.39, 0.29) is 42.7 Å². The van der Waals surface area contributed by atoms with Crippen molar-refractivity contribution in [2.24, 2.45) is 0 Å². The molecule has 0 aromatic rings. The maximum atomic E-state index is 12.6. The van der Waals surface area contributed by atoms with Crippen molar-refractivity contribution in [3.05, 3.63) is 12.2 Å². The van der Waals surface area contributed by atoms with Crippen molar-refractivity contribution < 1.29 is 38.2 Å². The minimum atomic E-state index is -1.12. The molecule has 0 bridgehead atoms. The molecule has 0 saturated carbocycles. The first-order valence-corrected chi connectivity index (χ1v) is 20.7. The second-order valence-electron chi connectivity index (χ2n) is 15.2. The van der Waals surface area contributed by atoms with E-state index < -0.39 is 18.1 Å². The number of quaternary nitrogens is 1. The maximum Gasteiger partial charge on any atom is 0.306 e. The summed E-state index contributed by atoms with van der Waals surface area (Å²) in [6.45, 7) is 4.62. The van der Waals surface area contributed by atoms with Crippen LogP contribution in [0.4, 0.5) is 0 Å². The Labute approximate surface area is 308 Å². The van der Waals surface area contributed by atoms with E-state index in [0.29, 0.717) is 12.8 Å². The van der Waals surface area contributed by atoms with Crippen molar-refractivity contribution in [3.63, 3.8) is 0 Å². The lowest BCUT2D eigenvalue weighted by molar-refractivity contribution is -0.889. The Hall–Kier alpha value is -1.93. The first-order chi connectivity index (χ1) is 24.1. The van der Waals surface area contributed by atoms with Gasteiger partial charge in [-0.15, -0.1) is 0 Å². The fourth-order valence-corrected chi connectivity index (χ4v) is 6.12. The fraction of sp³-hybridized carbons (Fsp3) is 0.881. The summed E-state index contributed by atoms with van der Waals surface area (Å²) in [4.78, 5) is 36.6. The number of hydrogen-bond acceptors (Lipinski definition) is 7. The molecule has 0 spiro atoms. The zero-order chi connectivity index (χ0) is 37.1. The van der Waals surface area contributed by atoms with Crippen molar-refractivity contribution in [1.29, 1.82) is 0 Å². The molecule has 8 nitrogen and oxygen atoms in total. The summed E-state index contributed by atoms with van der Waals surface area (Å²) < 4.78 is 17.1. The van der Waals surface area contributed by atoms with Crippen LogP contribution in [0.1, 0.15) is 187 Å². The van der Waals surface area contributed by atoms with Crippen LogP contribution < -0.4 is 5.11 Å². The number of rotatable bonds is 37. The van der Waals surface area contributed by atoms with Crippen LogP contribution in [0.3, 0.4) is 0 Å². The predicted molar refractivity (Wildman–Crippen MR) is 204 cm³/mol. The number of carboxylic acids is 1. The number of carboxylic acid groups (broad SMARTS) is 1.